The normalized spacial score (nSPS) is 11.7. The first-order valence-corrected chi connectivity index (χ1v) is 12.6. The molecule has 0 aliphatic rings. The molecule has 0 heterocycles. The summed E-state index contributed by atoms with van der Waals surface area (Å²) in [6.45, 7) is 0.0958. The molecule has 114 valence electrons. The van der Waals surface area contributed by atoms with Crippen molar-refractivity contribution in [1.29, 1.82) is 0 Å². The van der Waals surface area contributed by atoms with E-state index in [0.717, 1.165) is 5.32 Å². The van der Waals surface area contributed by atoms with Crippen molar-refractivity contribution in [2.75, 3.05) is 6.61 Å². The van der Waals surface area contributed by atoms with Crippen LogP contribution in [0.2, 0.25) is 16.0 Å². The fourth-order valence-electron chi connectivity index (χ4n) is 1.45. The van der Waals surface area contributed by atoms with Crippen molar-refractivity contribution in [3.05, 3.63) is 35.9 Å². The zero-order valence-corrected chi connectivity index (χ0v) is 15.5. The van der Waals surface area contributed by atoms with Crippen LogP contribution in [0.5, 0.6) is 0 Å². The van der Waals surface area contributed by atoms with Crippen molar-refractivity contribution in [3.63, 3.8) is 0 Å². The van der Waals surface area contributed by atoms with Gasteiger partial charge in [0.15, 0.2) is 0 Å². The van der Waals surface area contributed by atoms with E-state index in [0.29, 0.717) is 36.3 Å². The number of benzene rings is 1. The minimum absolute atomic E-state index is 0.0958. The zero-order chi connectivity index (χ0) is 14.7. The third-order valence-electron chi connectivity index (χ3n) is 2.35. The first-order chi connectivity index (χ1) is 9.58. The molecule has 0 saturated heterocycles. The number of hydrogen-bond donors (Lipinski definition) is 1. The van der Waals surface area contributed by atoms with E-state index in [2.05, 4.69) is 28.4 Å². The first kappa shape index (κ1) is 18.2. The third-order valence-corrected chi connectivity index (χ3v) is 7.58. The Morgan fingerprint density at radius 3 is 2.35 bits per heavy atom. The van der Waals surface area contributed by atoms with Gasteiger partial charge >= 0.3 is 134 Å². The molecule has 0 fully saturated rings. The summed E-state index contributed by atoms with van der Waals surface area (Å²) in [7, 11) is -4.25. The molecule has 1 aromatic rings. The van der Waals surface area contributed by atoms with Crippen molar-refractivity contribution in [2.45, 2.75) is 34.1 Å². The predicted molar refractivity (Wildman–Crippen MR) is 82.8 cm³/mol. The molecule has 1 N–H and O–H groups in total. The first-order valence-electron chi connectivity index (χ1n) is 6.39. The van der Waals surface area contributed by atoms with Gasteiger partial charge in [0.05, 0.1) is 0 Å². The Morgan fingerprint density at radius 2 is 1.65 bits per heavy atom. The summed E-state index contributed by atoms with van der Waals surface area (Å²) in [5.74, 6) is 0. The maximum absolute atomic E-state index is 10.3. The van der Waals surface area contributed by atoms with Gasteiger partial charge in [0.1, 0.15) is 0 Å². The van der Waals surface area contributed by atoms with E-state index >= 15 is 0 Å². The fourth-order valence-corrected chi connectivity index (χ4v) is 6.48. The second kappa shape index (κ2) is 10.8. The molecule has 0 aliphatic carbocycles. The summed E-state index contributed by atoms with van der Waals surface area (Å²) in [4.78, 5) is 0. The van der Waals surface area contributed by atoms with Crippen LogP contribution in [0.3, 0.4) is 0 Å². The van der Waals surface area contributed by atoms with Gasteiger partial charge in [0, 0.05) is 0 Å². The van der Waals surface area contributed by atoms with Crippen LogP contribution in [-0.4, -0.2) is 49.5 Å². The quantitative estimate of drug-likeness (QED) is 0.333. The second-order valence-corrected chi connectivity index (χ2v) is 10.1. The molecule has 7 heteroatoms. The molecular weight excluding hydrogens is 410 g/mol. The van der Waals surface area contributed by atoms with Crippen LogP contribution in [0.4, 0.5) is 0 Å². The predicted octanol–water partition coefficient (Wildman–Crippen LogP) is 2.45. The molecule has 0 spiro atoms. The van der Waals surface area contributed by atoms with E-state index in [1.54, 1.807) is 0 Å². The average Bonchev–Trinajstić information content (AvgIpc) is 2.41. The monoisotopic (exact) mass is 432 g/mol. The van der Waals surface area contributed by atoms with E-state index in [1.165, 1.54) is 27.9 Å². The van der Waals surface area contributed by atoms with Crippen molar-refractivity contribution in [2.24, 2.45) is 0 Å². The minimum atomic E-state index is -4.25. The molecular formula is C13H20O4SSe2. The summed E-state index contributed by atoms with van der Waals surface area (Å²) in [5.41, 5.74) is 1.43. The molecule has 0 amide bonds. The van der Waals surface area contributed by atoms with Crippen molar-refractivity contribution >= 4 is 40.3 Å². The van der Waals surface area contributed by atoms with Gasteiger partial charge in [-0.15, -0.1) is 0 Å². The third kappa shape index (κ3) is 10.9. The summed E-state index contributed by atoms with van der Waals surface area (Å²) in [6, 6.07) is 10.6. The molecule has 1 rings (SSSR count). The molecule has 1 aromatic carbocycles. The number of rotatable bonds is 11. The van der Waals surface area contributed by atoms with Gasteiger partial charge in [-0.05, 0) is 0 Å². The molecule has 0 saturated carbocycles. The van der Waals surface area contributed by atoms with Crippen LogP contribution in [-0.2, 0) is 19.9 Å². The van der Waals surface area contributed by atoms with Crippen LogP contribution in [0.25, 0.3) is 0 Å². The summed E-state index contributed by atoms with van der Waals surface area (Å²) in [6.07, 6.45) is 1.97. The topological polar surface area (TPSA) is 63.6 Å². The Bertz CT molecular complexity index is 451. The fraction of sp³-hybridized carbons (Fsp3) is 0.538. The van der Waals surface area contributed by atoms with Gasteiger partial charge in [0.25, 0.3) is 0 Å². The Kier molecular flexibility index (Phi) is 9.82. The van der Waals surface area contributed by atoms with E-state index in [4.69, 9.17) is 4.55 Å². The van der Waals surface area contributed by atoms with Gasteiger partial charge < -0.3 is 0 Å². The molecule has 4 nitrogen and oxygen atoms in total. The molecule has 0 unspecified atom stereocenters. The van der Waals surface area contributed by atoms with Crippen LogP contribution < -0.4 is 0 Å². The Hall–Kier alpha value is 0.129. The van der Waals surface area contributed by atoms with Crippen LogP contribution in [0.1, 0.15) is 18.4 Å². The average molecular weight is 430 g/mol. The van der Waals surface area contributed by atoms with Crippen LogP contribution in [0.15, 0.2) is 30.3 Å². The van der Waals surface area contributed by atoms with Crippen LogP contribution in [0, 0.1) is 0 Å². The molecule has 0 bridgehead atoms. The van der Waals surface area contributed by atoms with Crippen molar-refractivity contribution in [1.82, 2.24) is 0 Å². The van der Waals surface area contributed by atoms with Crippen LogP contribution >= 0.6 is 0 Å². The summed E-state index contributed by atoms with van der Waals surface area (Å²) >= 11 is 1.25. The SMILES string of the molecule is O=S(=O)(O)OCCC[Se]CCC[Se]Cc1ccccc1. The number of hydrogen-bond acceptors (Lipinski definition) is 3. The Morgan fingerprint density at radius 1 is 1.00 bits per heavy atom. The van der Waals surface area contributed by atoms with Gasteiger partial charge in [-0.1, -0.05) is 0 Å². The van der Waals surface area contributed by atoms with E-state index < -0.39 is 10.4 Å². The molecule has 0 aliphatic heterocycles. The summed E-state index contributed by atoms with van der Waals surface area (Å²) < 4.78 is 33.2. The van der Waals surface area contributed by atoms with E-state index in [1.807, 2.05) is 6.07 Å². The van der Waals surface area contributed by atoms with E-state index in [-0.39, 0.29) is 6.61 Å². The van der Waals surface area contributed by atoms with Crippen molar-refractivity contribution in [3.8, 4) is 0 Å². The standard InChI is InChI=1S/C13H20O4SSe2/c14-18(15,16)17-8-4-9-19-10-5-11-20-12-13-6-2-1-3-7-13/h1-3,6-7H,4-5,8-12H2,(H,14,15,16). The Balaban J connectivity index is 1.86. The molecule has 20 heavy (non-hydrogen) atoms. The van der Waals surface area contributed by atoms with Gasteiger partial charge in [0.2, 0.25) is 0 Å². The Labute approximate surface area is 133 Å². The van der Waals surface area contributed by atoms with Gasteiger partial charge in [-0.2, -0.15) is 0 Å². The van der Waals surface area contributed by atoms with E-state index in [9.17, 15) is 8.42 Å². The van der Waals surface area contributed by atoms with Crippen molar-refractivity contribution < 1.29 is 17.2 Å². The second-order valence-electron chi connectivity index (χ2n) is 4.11. The zero-order valence-electron chi connectivity index (χ0n) is 11.2. The molecule has 0 aromatic heterocycles. The molecule has 0 radical (unpaired) electrons. The molecule has 0 atom stereocenters. The van der Waals surface area contributed by atoms with Gasteiger partial charge in [-0.25, -0.2) is 0 Å². The van der Waals surface area contributed by atoms with Gasteiger partial charge in [-0.3, -0.25) is 0 Å². The summed E-state index contributed by atoms with van der Waals surface area (Å²) in [5, 5.41) is 4.78. The maximum atomic E-state index is 10.3.